The van der Waals surface area contributed by atoms with E-state index < -0.39 is 11.7 Å². The maximum Gasteiger partial charge on any atom is 0.435 e. The second-order valence-corrected chi connectivity index (χ2v) is 12.4. The number of fused-ring (bicyclic) bond motifs is 1. The van der Waals surface area contributed by atoms with Crippen LogP contribution in [-0.4, -0.2) is 76.4 Å². The van der Waals surface area contributed by atoms with E-state index in [1.165, 1.54) is 0 Å². The Hall–Kier alpha value is -4.38. The molecule has 2 aliphatic rings. The van der Waals surface area contributed by atoms with Gasteiger partial charge < -0.3 is 30.1 Å². The fourth-order valence-corrected chi connectivity index (χ4v) is 5.60. The molecule has 0 radical (unpaired) electrons. The summed E-state index contributed by atoms with van der Waals surface area (Å²) in [5, 5.41) is 10.4. The van der Waals surface area contributed by atoms with Crippen LogP contribution in [0.1, 0.15) is 67.4 Å². The first-order valence-electron chi connectivity index (χ1n) is 15.3. The van der Waals surface area contributed by atoms with Crippen molar-refractivity contribution in [3.63, 3.8) is 0 Å². The molecule has 3 aromatic rings. The Morgan fingerprint density at radius 1 is 0.886 bits per heavy atom. The first-order chi connectivity index (χ1) is 21.0. The third-order valence-electron chi connectivity index (χ3n) is 8.09. The van der Waals surface area contributed by atoms with E-state index in [1.54, 1.807) is 37.8 Å². The van der Waals surface area contributed by atoms with Crippen LogP contribution in [-0.2, 0) is 30.7 Å². The number of rotatable bonds is 6. The highest BCUT2D eigenvalue weighted by molar-refractivity contribution is 6.04. The van der Waals surface area contributed by atoms with Crippen LogP contribution in [0.4, 0.5) is 26.8 Å². The van der Waals surface area contributed by atoms with Crippen molar-refractivity contribution in [2.45, 2.75) is 66.2 Å². The van der Waals surface area contributed by atoms with E-state index >= 15 is 0 Å². The average molecular weight is 602 g/mol. The Morgan fingerprint density at radius 2 is 1.52 bits per heavy atom. The van der Waals surface area contributed by atoms with Crippen molar-refractivity contribution in [2.24, 2.45) is 0 Å². The number of ether oxygens (including phenoxy) is 1. The van der Waals surface area contributed by atoms with Crippen molar-refractivity contribution in [1.29, 1.82) is 0 Å². The minimum atomic E-state index is -0.749. The number of hydrogen-bond donors (Lipinski definition) is 2. The number of carbonyl (C=O) groups excluding carboxylic acids is 3. The molecule has 3 heterocycles. The first kappa shape index (κ1) is 31.1. The van der Waals surface area contributed by atoms with Gasteiger partial charge in [-0.2, -0.15) is 4.68 Å². The summed E-state index contributed by atoms with van der Waals surface area (Å²) in [5.74, 6) is -0.114. The lowest BCUT2D eigenvalue weighted by Gasteiger charge is -2.34. The molecule has 0 saturated carbocycles. The molecular weight excluding hydrogens is 558 g/mol. The molecule has 11 nitrogen and oxygen atoms in total. The third-order valence-corrected chi connectivity index (χ3v) is 8.09. The smallest absolute Gasteiger partial charge is 0.435 e. The quantitative estimate of drug-likeness (QED) is 0.392. The fourth-order valence-electron chi connectivity index (χ4n) is 5.60. The molecule has 1 fully saturated rings. The lowest BCUT2D eigenvalue weighted by atomic mass is 10.0. The van der Waals surface area contributed by atoms with Gasteiger partial charge in [0.2, 0.25) is 0 Å². The lowest BCUT2D eigenvalue weighted by Crippen LogP contribution is -2.44. The summed E-state index contributed by atoms with van der Waals surface area (Å²) < 4.78 is 6.77. The van der Waals surface area contributed by atoms with Crippen LogP contribution in [0.5, 0.6) is 0 Å². The minimum Gasteiger partial charge on any atom is -0.442 e. The number of hydrogen-bond acceptors (Lipinski definition) is 7. The number of nitrogens with zero attached hydrogens (tertiary/aromatic N) is 5. The largest absolute Gasteiger partial charge is 0.442 e. The standard InChI is InChI=1S/C33H43N7O4/c1-7-22-10-9-11-23(8-2)28(22)34-31(42)39-20-26-27(21-39)40(32(43)44-33(3,4)5)36-29(26)35-30(41)24-12-14-25(15-13-24)38-18-16-37(6)17-19-38/h9-15H,7-8,16-21H2,1-6H3,(H,34,42)(H,35,36,41). The average Bonchev–Trinajstić information content (AvgIpc) is 3.57. The second kappa shape index (κ2) is 12.7. The minimum absolute atomic E-state index is 0.138. The summed E-state index contributed by atoms with van der Waals surface area (Å²) in [4.78, 5) is 46.3. The van der Waals surface area contributed by atoms with Crippen molar-refractivity contribution in [2.75, 3.05) is 48.8 Å². The van der Waals surface area contributed by atoms with Crippen molar-refractivity contribution in [1.82, 2.24) is 19.6 Å². The van der Waals surface area contributed by atoms with Crippen LogP contribution in [0.3, 0.4) is 0 Å². The van der Waals surface area contributed by atoms with Crippen molar-refractivity contribution >= 4 is 35.2 Å². The van der Waals surface area contributed by atoms with Gasteiger partial charge in [0.25, 0.3) is 5.91 Å². The van der Waals surface area contributed by atoms with Gasteiger partial charge in [0.15, 0.2) is 5.82 Å². The van der Waals surface area contributed by atoms with Crippen molar-refractivity contribution < 1.29 is 19.1 Å². The molecule has 2 aromatic carbocycles. The lowest BCUT2D eigenvalue weighted by molar-refractivity contribution is 0.0507. The number of aryl methyl sites for hydroxylation is 2. The van der Waals surface area contributed by atoms with Gasteiger partial charge in [-0.1, -0.05) is 32.0 Å². The van der Waals surface area contributed by atoms with Crippen LogP contribution in [0.25, 0.3) is 0 Å². The summed E-state index contributed by atoms with van der Waals surface area (Å²) in [7, 11) is 2.12. The molecule has 2 N–H and O–H groups in total. The van der Waals surface area contributed by atoms with E-state index in [-0.39, 0.29) is 30.8 Å². The number of nitrogens with one attached hydrogen (secondary N) is 2. The summed E-state index contributed by atoms with van der Waals surface area (Å²) in [6.45, 7) is 13.6. The van der Waals surface area contributed by atoms with Crippen molar-refractivity contribution in [3.8, 4) is 0 Å². The topological polar surface area (TPSA) is 112 Å². The molecule has 5 rings (SSSR count). The molecule has 0 atom stereocenters. The maximum absolute atomic E-state index is 13.5. The van der Waals surface area contributed by atoms with Crippen LogP contribution >= 0.6 is 0 Å². The van der Waals surface area contributed by atoms with Crippen LogP contribution in [0.15, 0.2) is 42.5 Å². The highest BCUT2D eigenvalue weighted by atomic mass is 16.6. The molecule has 0 unspecified atom stereocenters. The van der Waals surface area contributed by atoms with Gasteiger partial charge in [-0.05, 0) is 76.1 Å². The normalized spacial score (nSPS) is 15.2. The molecule has 1 aromatic heterocycles. The first-order valence-corrected chi connectivity index (χ1v) is 15.3. The van der Waals surface area contributed by atoms with Crippen LogP contribution in [0, 0.1) is 0 Å². The number of piperazine rings is 1. The van der Waals surface area contributed by atoms with E-state index in [0.29, 0.717) is 16.8 Å². The number of aromatic nitrogens is 2. The molecule has 0 bridgehead atoms. The third kappa shape index (κ3) is 6.72. The number of anilines is 3. The molecule has 0 aliphatic carbocycles. The van der Waals surface area contributed by atoms with Gasteiger partial charge in [0.1, 0.15) is 5.60 Å². The monoisotopic (exact) mass is 601 g/mol. The zero-order valence-electron chi connectivity index (χ0n) is 26.6. The number of likely N-dealkylation sites (N-methyl/N-ethyl adjacent to an activating group) is 1. The molecule has 234 valence electrons. The molecule has 11 heteroatoms. The Labute approximate surface area is 259 Å². The van der Waals surface area contributed by atoms with Gasteiger partial charge >= 0.3 is 12.1 Å². The molecule has 0 spiro atoms. The number of carbonyl (C=O) groups is 3. The maximum atomic E-state index is 13.5. The summed E-state index contributed by atoms with van der Waals surface area (Å²) >= 11 is 0. The predicted octanol–water partition coefficient (Wildman–Crippen LogP) is 5.34. The number of para-hydroxylation sites is 1. The molecule has 3 amide bonds. The summed E-state index contributed by atoms with van der Waals surface area (Å²) in [6.07, 6.45) is 0.894. The van der Waals surface area contributed by atoms with Gasteiger partial charge in [-0.3, -0.25) is 4.79 Å². The van der Waals surface area contributed by atoms with E-state index in [1.807, 2.05) is 30.3 Å². The Balaban J connectivity index is 1.37. The molecule has 2 aliphatic heterocycles. The number of benzene rings is 2. The Morgan fingerprint density at radius 3 is 2.11 bits per heavy atom. The Kier molecular flexibility index (Phi) is 8.96. The van der Waals surface area contributed by atoms with E-state index in [0.717, 1.165) is 66.2 Å². The van der Waals surface area contributed by atoms with E-state index in [4.69, 9.17) is 4.74 Å². The van der Waals surface area contributed by atoms with Gasteiger partial charge in [-0.15, -0.1) is 5.10 Å². The zero-order chi connectivity index (χ0) is 31.6. The zero-order valence-corrected chi connectivity index (χ0v) is 26.6. The predicted molar refractivity (Wildman–Crippen MR) is 171 cm³/mol. The summed E-state index contributed by atoms with van der Waals surface area (Å²) in [5.41, 5.74) is 4.84. The van der Waals surface area contributed by atoms with Crippen molar-refractivity contribution in [3.05, 3.63) is 70.4 Å². The molecule has 1 saturated heterocycles. The second-order valence-electron chi connectivity index (χ2n) is 12.4. The fraction of sp³-hybridized carbons (Fsp3) is 0.455. The number of amides is 3. The summed E-state index contributed by atoms with van der Waals surface area (Å²) in [6, 6.07) is 13.2. The molecular formula is C33H43N7O4. The number of urea groups is 1. The SMILES string of the molecule is CCc1cccc(CC)c1NC(=O)N1Cc2c(NC(=O)c3ccc(N4CCN(C)CC4)cc3)nn(C(=O)OC(C)(C)C)c2C1. The van der Waals surface area contributed by atoms with E-state index in [2.05, 4.69) is 46.4 Å². The molecule has 44 heavy (non-hydrogen) atoms. The highest BCUT2D eigenvalue weighted by Gasteiger charge is 2.35. The van der Waals surface area contributed by atoms with E-state index in [9.17, 15) is 14.4 Å². The Bertz CT molecular complexity index is 1510. The van der Waals surface area contributed by atoms with Gasteiger partial charge in [0.05, 0.1) is 18.8 Å². The van der Waals surface area contributed by atoms with Crippen LogP contribution < -0.4 is 15.5 Å². The highest BCUT2D eigenvalue weighted by Crippen LogP contribution is 2.32. The van der Waals surface area contributed by atoms with Gasteiger partial charge in [0, 0.05) is 48.7 Å². The van der Waals surface area contributed by atoms with Crippen LogP contribution in [0.2, 0.25) is 0 Å². The van der Waals surface area contributed by atoms with Gasteiger partial charge in [-0.25, -0.2) is 9.59 Å².